The van der Waals surface area contributed by atoms with Crippen LogP contribution in [0, 0.1) is 55.4 Å². The van der Waals surface area contributed by atoms with Crippen molar-refractivity contribution in [3.05, 3.63) is 208 Å². The van der Waals surface area contributed by atoms with Crippen LogP contribution in [0.1, 0.15) is 500 Å². The summed E-state index contributed by atoms with van der Waals surface area (Å²) in [5.41, 5.74) is 13.8. The quantitative estimate of drug-likeness (QED) is 0.127. The molecule has 0 radical (unpaired) electrons. The number of fused-ring (bicyclic) bond motifs is 3. The fourth-order valence-electron chi connectivity index (χ4n) is 9.52. The van der Waals surface area contributed by atoms with Gasteiger partial charge in [-0.15, -0.1) is 0 Å². The summed E-state index contributed by atoms with van der Waals surface area (Å²) in [6.45, 7) is 133. The maximum absolute atomic E-state index is 4.50. The Morgan fingerprint density at radius 2 is 0.565 bits per heavy atom. The van der Waals surface area contributed by atoms with Crippen LogP contribution in [0.2, 0.25) is 0 Å². The summed E-state index contributed by atoms with van der Waals surface area (Å²) in [4.78, 5) is 90.5. The van der Waals surface area contributed by atoms with E-state index in [9.17, 15) is 0 Å². The lowest BCUT2D eigenvalue weighted by molar-refractivity contribution is 0.534. The van der Waals surface area contributed by atoms with Gasteiger partial charge in [0.15, 0.2) is 16.9 Å². The minimum atomic E-state index is -0.0359. The van der Waals surface area contributed by atoms with Crippen molar-refractivity contribution >= 4 is 33.5 Å². The van der Waals surface area contributed by atoms with Gasteiger partial charge < -0.3 is 15.0 Å². The van der Waals surface area contributed by atoms with E-state index in [4.69, 9.17) is 0 Å². The van der Waals surface area contributed by atoms with Gasteiger partial charge in [-0.2, -0.15) is 0 Å². The van der Waals surface area contributed by atoms with Crippen molar-refractivity contribution in [2.75, 3.05) is 0 Å². The summed E-state index contributed by atoms with van der Waals surface area (Å²) in [6.07, 6.45) is 16.1. The van der Waals surface area contributed by atoms with Crippen LogP contribution in [0.3, 0.4) is 0 Å². The van der Waals surface area contributed by atoms with Gasteiger partial charge in [0.25, 0.3) is 0 Å². The Bertz CT molecular complexity index is 4340. The summed E-state index contributed by atoms with van der Waals surface area (Å²) >= 11 is 0. The average Bonchev–Trinajstić information content (AvgIpc) is 1.65. The number of hydrogen-bond acceptors (Lipinski definition) is 19. The molecule has 0 aliphatic heterocycles. The molecule has 0 bridgehead atoms. The number of nitrogens with one attached hydrogen (secondary N) is 3. The van der Waals surface area contributed by atoms with Gasteiger partial charge in [0.1, 0.15) is 81.1 Å². The molecule has 0 aliphatic carbocycles. The molecule has 12 aromatic rings. The minimum Gasteiger partial charge on any atom is -0.339 e. The Morgan fingerprint density at radius 1 is 0.217 bits per heavy atom. The van der Waals surface area contributed by atoms with Crippen LogP contribution in [-0.2, 0) is 48.7 Å². The van der Waals surface area contributed by atoms with E-state index in [0.717, 1.165) is 120 Å². The molecule has 0 spiro atoms. The second kappa shape index (κ2) is 86.4. The second-order valence-electron chi connectivity index (χ2n) is 35.8. The summed E-state index contributed by atoms with van der Waals surface area (Å²) in [6, 6.07) is 18.0. The van der Waals surface area contributed by atoms with Crippen LogP contribution in [0.4, 0.5) is 0 Å². The van der Waals surface area contributed by atoms with E-state index in [2.05, 4.69) is 321 Å². The molecule has 0 fully saturated rings. The zero-order chi connectivity index (χ0) is 111. The molecule has 0 unspecified atom stereocenters. The third-order valence-electron chi connectivity index (χ3n) is 15.6. The molecule has 3 N–H and O–H groups in total. The van der Waals surface area contributed by atoms with E-state index in [1.54, 1.807) is 31.1 Å². The summed E-state index contributed by atoms with van der Waals surface area (Å²) in [5.74, 6) is 8.48. The SMILES string of the molecule is C.CC.CC.CC.CC.CC.CC.CC.CC.CC.CC.CC.CC.CC.CC.CC.CC(C)(C)c1ccccn1.CC(C)(C)c1cccnc1.CC(C)(C)c1ccncc1.CC(C)(C)c1ccncn1.CC(C)(C)c1ncccn1.Cc1nc(C(C)(C)C)c2[nH]c(C)nc2n1.Cc1nc(C)c2[nH]c(C(C)(C)C)nc2n1.Cc1nc(C)nc(C(C)(C)C)n1.Cc1nc2nc(C(C)(C)C)nc(C)c2[nH]1. The maximum atomic E-state index is 4.50. The van der Waals surface area contributed by atoms with Gasteiger partial charge in [0, 0.05) is 98.9 Å². The normalized spacial score (nSPS) is 9.86. The van der Waals surface area contributed by atoms with Crippen molar-refractivity contribution in [2.24, 2.45) is 0 Å². The molecule has 794 valence electrons. The van der Waals surface area contributed by atoms with Gasteiger partial charge in [-0.25, -0.2) is 79.7 Å². The van der Waals surface area contributed by atoms with Gasteiger partial charge >= 0.3 is 0 Å². The van der Waals surface area contributed by atoms with Gasteiger partial charge in [-0.3, -0.25) is 15.0 Å². The first-order valence-electron chi connectivity index (χ1n) is 51.7. The molecule has 138 heavy (non-hydrogen) atoms. The Hall–Kier alpha value is -9.73. The second-order valence-corrected chi connectivity index (χ2v) is 35.8. The molecule has 0 aromatic carbocycles. The molecular weight excluding hydrogens is 1700 g/mol. The third kappa shape index (κ3) is 70.0. The van der Waals surface area contributed by atoms with Crippen LogP contribution < -0.4 is 0 Å². The lowest BCUT2D eigenvalue weighted by Gasteiger charge is -2.18. The molecule has 22 nitrogen and oxygen atoms in total. The number of H-pyrrole nitrogens is 3. The number of aromatic nitrogens is 22. The van der Waals surface area contributed by atoms with Crippen molar-refractivity contribution in [2.45, 2.75) is 506 Å². The third-order valence-corrected chi connectivity index (χ3v) is 15.6. The van der Waals surface area contributed by atoms with E-state index in [1.807, 2.05) is 318 Å². The maximum Gasteiger partial charge on any atom is 0.181 e. The highest BCUT2D eigenvalue weighted by Gasteiger charge is 2.25. The first-order chi connectivity index (χ1) is 64.0. The first-order valence-corrected chi connectivity index (χ1v) is 51.7. The monoisotopic (exact) mass is 1920 g/mol. The van der Waals surface area contributed by atoms with Gasteiger partial charge in [-0.05, 0) is 120 Å². The highest BCUT2D eigenvalue weighted by molar-refractivity contribution is 5.75. The highest BCUT2D eigenvalue weighted by atomic mass is 15.1. The topological polar surface area (TPSA) is 292 Å². The highest BCUT2D eigenvalue weighted by Crippen LogP contribution is 2.29. The molecule has 0 saturated carbocycles. The molecule has 22 heteroatoms. The number of imidazole rings is 3. The van der Waals surface area contributed by atoms with E-state index in [1.165, 1.54) is 11.1 Å². The summed E-state index contributed by atoms with van der Waals surface area (Å²) in [5, 5.41) is 0. The molecule has 0 atom stereocenters. The van der Waals surface area contributed by atoms with Crippen LogP contribution in [-0.4, -0.2) is 110 Å². The number of aryl methyl sites for hydroxylation is 8. The van der Waals surface area contributed by atoms with Crippen molar-refractivity contribution in [3.63, 3.8) is 0 Å². The molecule has 0 saturated heterocycles. The molecular formula is C116H220N22. The van der Waals surface area contributed by atoms with Crippen LogP contribution in [0.15, 0.2) is 110 Å². The van der Waals surface area contributed by atoms with Crippen LogP contribution in [0.5, 0.6) is 0 Å². The Labute approximate surface area is 852 Å². The van der Waals surface area contributed by atoms with Crippen molar-refractivity contribution in [3.8, 4) is 0 Å². The molecule has 12 rings (SSSR count). The molecule has 0 amide bonds. The fraction of sp³-hybridized carbons (Fsp3) is 0.647. The summed E-state index contributed by atoms with van der Waals surface area (Å²) in [7, 11) is 0. The summed E-state index contributed by atoms with van der Waals surface area (Å²) < 4.78 is 0. The standard InChI is InChI=1S/3C11H16N4.C9H15N3.3C9H13N.2C8H12N2.15C2H6.CH4/c1-6-12-8-9(11(3,4)5)13-7(2)15-10(8)14-6;1-6-8-9(14-7(2)13-8)15-10(12-6)11(3,4)5;1-6-8-9(13-7(2)12-6)15-10(14-8)11(3,4)5;1-6-10-7(2)12-8(11-6)9(3,4)5;1-9(2,3)8-4-6-10-7-5-8;1-9(2,3)8-5-4-6-10-7-8;1-9(2,3)8-6-4-5-7-10-8;1-8(2,3)7-4-5-9-6-10-7;1-8(2,3)7-9-5-4-6-10-7;15*1-2;/h3*1-5H3,(H,12,13,14,15);1-5H3;3*4-7H,1-3H3;2*4-6H,1-3H3;15*1-2H3;1H4. The molecule has 12 heterocycles. The van der Waals surface area contributed by atoms with Crippen molar-refractivity contribution < 1.29 is 0 Å². The number of aromatic amines is 3. The zero-order valence-corrected chi connectivity index (χ0v) is 101. The van der Waals surface area contributed by atoms with E-state index in [0.29, 0.717) is 0 Å². The van der Waals surface area contributed by atoms with E-state index in [-0.39, 0.29) is 56.2 Å². The van der Waals surface area contributed by atoms with Gasteiger partial charge in [-0.1, -0.05) is 414 Å². The smallest absolute Gasteiger partial charge is 0.181 e. The van der Waals surface area contributed by atoms with Crippen molar-refractivity contribution in [1.29, 1.82) is 0 Å². The number of hydrogen-bond donors (Lipinski definition) is 3. The lowest BCUT2D eigenvalue weighted by atomic mass is 9.88. The number of nitrogens with zero attached hydrogens (tertiary/aromatic N) is 19. The lowest BCUT2D eigenvalue weighted by Crippen LogP contribution is -2.18. The fourth-order valence-corrected chi connectivity index (χ4v) is 9.52. The first kappa shape index (κ1) is 156. The van der Waals surface area contributed by atoms with Crippen LogP contribution >= 0.6 is 0 Å². The minimum absolute atomic E-state index is 0. The molecule has 0 aliphatic rings. The largest absolute Gasteiger partial charge is 0.339 e. The zero-order valence-electron chi connectivity index (χ0n) is 101. The molecule has 12 aromatic heterocycles. The number of rotatable bonds is 0. The van der Waals surface area contributed by atoms with Crippen LogP contribution in [0.25, 0.3) is 33.5 Å². The van der Waals surface area contributed by atoms with Crippen molar-refractivity contribution in [1.82, 2.24) is 110 Å². The predicted octanol–water partition coefficient (Wildman–Crippen LogP) is 35.3. The Kier molecular flexibility index (Phi) is 97.9. The Balaban J connectivity index is -0.000000112. The van der Waals surface area contributed by atoms with E-state index < -0.39 is 0 Å². The van der Waals surface area contributed by atoms with Gasteiger partial charge in [0.2, 0.25) is 0 Å². The van der Waals surface area contributed by atoms with Gasteiger partial charge in [0.05, 0.1) is 17.1 Å². The predicted molar refractivity (Wildman–Crippen MR) is 615 cm³/mol. The number of pyridine rings is 3. The van der Waals surface area contributed by atoms with E-state index >= 15 is 0 Å². The average molecular weight is 1920 g/mol. The Morgan fingerprint density at radius 3 is 0.877 bits per heavy atom.